The van der Waals surface area contributed by atoms with Crippen LogP contribution in [0, 0.1) is 5.92 Å². The number of nitrogen functional groups attached to an aromatic ring is 1. The predicted molar refractivity (Wildman–Crippen MR) is 81.9 cm³/mol. The van der Waals surface area contributed by atoms with Gasteiger partial charge in [-0.1, -0.05) is 32.1 Å². The van der Waals surface area contributed by atoms with Crippen molar-refractivity contribution in [3.63, 3.8) is 0 Å². The van der Waals surface area contributed by atoms with Crippen LogP contribution in [-0.2, 0) is 10.0 Å². The average molecular weight is 297 g/mol. The second kappa shape index (κ2) is 6.45. The fraction of sp³-hybridized carbons (Fsp3) is 0.571. The lowest BCUT2D eigenvalue weighted by Crippen LogP contribution is -2.15. The van der Waals surface area contributed by atoms with Crippen LogP contribution in [0.1, 0.15) is 38.5 Å². The maximum absolute atomic E-state index is 11.3. The molecule has 1 fully saturated rings. The van der Waals surface area contributed by atoms with E-state index in [9.17, 15) is 8.42 Å². The number of benzene rings is 1. The first-order valence-corrected chi connectivity index (χ1v) is 8.67. The topological polar surface area (TPSA) is 98.2 Å². The minimum Gasteiger partial charge on any atom is -0.397 e. The van der Waals surface area contributed by atoms with Crippen LogP contribution >= 0.6 is 0 Å². The molecular formula is C14H23N3O2S. The van der Waals surface area contributed by atoms with E-state index in [1.165, 1.54) is 44.2 Å². The van der Waals surface area contributed by atoms with Crippen LogP contribution in [-0.4, -0.2) is 15.0 Å². The van der Waals surface area contributed by atoms with Gasteiger partial charge in [-0.15, -0.1) is 0 Å². The minimum atomic E-state index is -3.68. The van der Waals surface area contributed by atoms with E-state index in [4.69, 9.17) is 10.9 Å². The standard InChI is InChI=1S/C14H23N3O2S/c15-13-7-6-12(20(16,18)19)10-14(13)17-9-8-11-4-2-1-3-5-11/h6-7,10-11,17H,1-5,8-9,15H2,(H2,16,18,19). The number of nitrogens with two attached hydrogens (primary N) is 2. The third kappa shape index (κ3) is 4.11. The van der Waals surface area contributed by atoms with E-state index in [1.807, 2.05) is 0 Å². The SMILES string of the molecule is Nc1ccc(S(N)(=O)=O)cc1NCCC1CCCCC1. The maximum atomic E-state index is 11.3. The molecular weight excluding hydrogens is 274 g/mol. The van der Waals surface area contributed by atoms with Crippen molar-refractivity contribution in [2.24, 2.45) is 11.1 Å². The summed E-state index contributed by atoms with van der Waals surface area (Å²) < 4.78 is 22.7. The van der Waals surface area contributed by atoms with Gasteiger partial charge >= 0.3 is 0 Å². The number of primary sulfonamides is 1. The summed E-state index contributed by atoms with van der Waals surface area (Å²) in [6.07, 6.45) is 7.70. The normalized spacial score (nSPS) is 17.1. The summed E-state index contributed by atoms with van der Waals surface area (Å²) in [5, 5.41) is 8.35. The second-order valence-electron chi connectivity index (χ2n) is 5.51. The van der Waals surface area contributed by atoms with Crippen LogP contribution in [0.4, 0.5) is 11.4 Å². The van der Waals surface area contributed by atoms with E-state index in [1.54, 1.807) is 6.07 Å². The number of rotatable bonds is 5. The van der Waals surface area contributed by atoms with Crippen molar-refractivity contribution in [1.82, 2.24) is 0 Å². The fourth-order valence-electron chi connectivity index (χ4n) is 2.75. The smallest absolute Gasteiger partial charge is 0.238 e. The van der Waals surface area contributed by atoms with E-state index in [2.05, 4.69) is 5.32 Å². The van der Waals surface area contributed by atoms with Crippen LogP contribution in [0.25, 0.3) is 0 Å². The van der Waals surface area contributed by atoms with Crippen molar-refractivity contribution in [2.75, 3.05) is 17.6 Å². The highest BCUT2D eigenvalue weighted by atomic mass is 32.2. The Labute approximate surface area is 120 Å². The molecule has 5 N–H and O–H groups in total. The fourth-order valence-corrected chi connectivity index (χ4v) is 3.29. The largest absolute Gasteiger partial charge is 0.397 e. The van der Waals surface area contributed by atoms with Gasteiger partial charge in [0.15, 0.2) is 0 Å². The van der Waals surface area contributed by atoms with E-state index in [0.717, 1.165) is 18.9 Å². The molecule has 5 nitrogen and oxygen atoms in total. The molecule has 1 saturated carbocycles. The summed E-state index contributed by atoms with van der Waals surface area (Å²) >= 11 is 0. The van der Waals surface area contributed by atoms with E-state index >= 15 is 0 Å². The molecule has 0 atom stereocenters. The molecule has 0 bridgehead atoms. The Balaban J connectivity index is 1.94. The number of hydrogen-bond acceptors (Lipinski definition) is 4. The summed E-state index contributed by atoms with van der Waals surface area (Å²) in [7, 11) is -3.68. The van der Waals surface area contributed by atoms with E-state index in [-0.39, 0.29) is 4.90 Å². The third-order valence-electron chi connectivity index (χ3n) is 3.95. The molecule has 0 amide bonds. The van der Waals surface area contributed by atoms with Gasteiger partial charge in [0, 0.05) is 6.54 Å². The Hall–Kier alpha value is -1.27. The quantitative estimate of drug-likeness (QED) is 0.726. The molecule has 112 valence electrons. The van der Waals surface area contributed by atoms with Gasteiger partial charge < -0.3 is 11.1 Å². The summed E-state index contributed by atoms with van der Waals surface area (Å²) in [4.78, 5) is 0.0897. The number of anilines is 2. The zero-order valence-electron chi connectivity index (χ0n) is 11.6. The zero-order valence-corrected chi connectivity index (χ0v) is 12.5. The molecule has 0 aliphatic heterocycles. The maximum Gasteiger partial charge on any atom is 0.238 e. The van der Waals surface area contributed by atoms with Crippen molar-refractivity contribution in [1.29, 1.82) is 0 Å². The monoisotopic (exact) mass is 297 g/mol. The Bertz CT molecular complexity index is 552. The van der Waals surface area contributed by atoms with E-state index in [0.29, 0.717) is 11.4 Å². The van der Waals surface area contributed by atoms with Crippen LogP contribution in [0.2, 0.25) is 0 Å². The predicted octanol–water partition coefficient (Wildman–Crippen LogP) is 2.30. The first-order chi connectivity index (χ1) is 9.47. The van der Waals surface area contributed by atoms with Crippen LogP contribution in [0.5, 0.6) is 0 Å². The van der Waals surface area contributed by atoms with Crippen LogP contribution < -0.4 is 16.2 Å². The Morgan fingerprint density at radius 2 is 1.90 bits per heavy atom. The number of sulfonamides is 1. The summed E-state index contributed by atoms with van der Waals surface area (Å²) in [5.74, 6) is 0.777. The van der Waals surface area contributed by atoms with Gasteiger partial charge in [-0.25, -0.2) is 13.6 Å². The van der Waals surface area contributed by atoms with Crippen LogP contribution in [0.3, 0.4) is 0 Å². The molecule has 0 aromatic heterocycles. The highest BCUT2D eigenvalue weighted by Crippen LogP contribution is 2.27. The molecule has 1 aliphatic rings. The highest BCUT2D eigenvalue weighted by molar-refractivity contribution is 7.89. The van der Waals surface area contributed by atoms with Crippen LogP contribution in [0.15, 0.2) is 23.1 Å². The Kier molecular flexibility index (Phi) is 4.88. The van der Waals surface area contributed by atoms with Gasteiger partial charge in [-0.05, 0) is 30.5 Å². The molecule has 20 heavy (non-hydrogen) atoms. The molecule has 1 aliphatic carbocycles. The van der Waals surface area contributed by atoms with Crippen molar-refractivity contribution >= 4 is 21.4 Å². The van der Waals surface area contributed by atoms with Gasteiger partial charge in [0.25, 0.3) is 0 Å². The third-order valence-corrected chi connectivity index (χ3v) is 4.86. The molecule has 0 heterocycles. The molecule has 0 unspecified atom stereocenters. The first-order valence-electron chi connectivity index (χ1n) is 7.13. The lowest BCUT2D eigenvalue weighted by atomic mass is 9.87. The summed E-state index contributed by atoms with van der Waals surface area (Å²) in [6, 6.07) is 4.51. The van der Waals surface area contributed by atoms with Crippen molar-refractivity contribution in [2.45, 2.75) is 43.4 Å². The average Bonchev–Trinajstić information content (AvgIpc) is 2.41. The molecule has 1 aromatic rings. The van der Waals surface area contributed by atoms with Gasteiger partial charge in [0.2, 0.25) is 10.0 Å². The molecule has 1 aromatic carbocycles. The number of hydrogen-bond donors (Lipinski definition) is 3. The lowest BCUT2D eigenvalue weighted by Gasteiger charge is -2.22. The molecule has 0 spiro atoms. The van der Waals surface area contributed by atoms with Gasteiger partial charge in [0.05, 0.1) is 16.3 Å². The summed E-state index contributed by atoms with van der Waals surface area (Å²) in [6.45, 7) is 0.808. The molecule has 0 radical (unpaired) electrons. The van der Waals surface area contributed by atoms with E-state index < -0.39 is 10.0 Å². The van der Waals surface area contributed by atoms with Gasteiger partial charge in [-0.2, -0.15) is 0 Å². The zero-order chi connectivity index (χ0) is 14.6. The second-order valence-corrected chi connectivity index (χ2v) is 7.07. The number of nitrogens with one attached hydrogen (secondary N) is 1. The van der Waals surface area contributed by atoms with Crippen molar-refractivity contribution in [3.05, 3.63) is 18.2 Å². The highest BCUT2D eigenvalue weighted by Gasteiger charge is 2.14. The lowest BCUT2D eigenvalue weighted by molar-refractivity contribution is 0.345. The van der Waals surface area contributed by atoms with Crippen molar-refractivity contribution < 1.29 is 8.42 Å². The molecule has 6 heteroatoms. The molecule has 2 rings (SSSR count). The Morgan fingerprint density at radius 1 is 1.20 bits per heavy atom. The van der Waals surface area contributed by atoms with Gasteiger partial charge in [-0.3, -0.25) is 0 Å². The Morgan fingerprint density at radius 3 is 2.55 bits per heavy atom. The minimum absolute atomic E-state index is 0.0897. The van der Waals surface area contributed by atoms with Gasteiger partial charge in [0.1, 0.15) is 0 Å². The summed E-state index contributed by atoms with van der Waals surface area (Å²) in [5.41, 5.74) is 7.04. The van der Waals surface area contributed by atoms with Crippen molar-refractivity contribution in [3.8, 4) is 0 Å². The first kappa shape index (κ1) is 15.1. The molecule has 0 saturated heterocycles.